The Bertz CT molecular complexity index is 1720. The standard InChI is InChI=1S/C32H32Cl2FN5O/c1-39-28-19-25(33)26(34)20-29(28)40(18-6-2-3-9-30(41)37-17-16-36)31(39)15-14-24-23-7-4-5-8-27(23)38-32(24)21-10-12-22(35)13-11-21/h4-5,7-8,10-15,19-20H,2-3,6,9,16-18,36H2,1H3,(H,37,41)/p+1. The van der Waals surface area contributed by atoms with E-state index in [0.29, 0.717) is 29.6 Å². The molecule has 2 aromatic heterocycles. The first kappa shape index (κ1) is 28.9. The van der Waals surface area contributed by atoms with Gasteiger partial charge in [0, 0.05) is 54.2 Å². The molecular weight excluding hydrogens is 560 g/mol. The van der Waals surface area contributed by atoms with Gasteiger partial charge in [-0.1, -0.05) is 41.4 Å². The molecule has 4 N–H and O–H groups in total. The number of nitrogens with zero attached hydrogens (tertiary/aromatic N) is 2. The van der Waals surface area contributed by atoms with E-state index in [1.54, 1.807) is 12.1 Å². The zero-order chi connectivity index (χ0) is 28.9. The summed E-state index contributed by atoms with van der Waals surface area (Å²) in [4.78, 5) is 15.5. The Morgan fingerprint density at radius 1 is 1.05 bits per heavy atom. The largest absolute Gasteiger partial charge is 0.355 e. The van der Waals surface area contributed by atoms with Gasteiger partial charge in [0.2, 0.25) is 5.91 Å². The van der Waals surface area contributed by atoms with Crippen molar-refractivity contribution in [1.29, 1.82) is 0 Å². The zero-order valence-corrected chi connectivity index (χ0v) is 24.4. The summed E-state index contributed by atoms with van der Waals surface area (Å²) in [6.07, 6.45) is 7.29. The quantitative estimate of drug-likeness (QED) is 0.116. The first-order chi connectivity index (χ1) is 19.9. The number of halogens is 3. The molecule has 2 heterocycles. The smallest absolute Gasteiger partial charge is 0.282 e. The molecule has 0 atom stereocenters. The molecule has 6 nitrogen and oxygen atoms in total. The summed E-state index contributed by atoms with van der Waals surface area (Å²) in [7, 11) is 2.01. The number of nitrogens with one attached hydrogen (secondary N) is 2. The van der Waals surface area contributed by atoms with Crippen LogP contribution in [0.15, 0.2) is 60.7 Å². The highest BCUT2D eigenvalue weighted by atomic mass is 35.5. The molecule has 3 aromatic carbocycles. The molecule has 212 valence electrons. The van der Waals surface area contributed by atoms with Crippen LogP contribution in [0.4, 0.5) is 4.39 Å². The number of carbonyl (C=O) groups is 1. The third-order valence-electron chi connectivity index (χ3n) is 7.32. The van der Waals surface area contributed by atoms with Crippen LogP contribution in [0.1, 0.15) is 37.1 Å². The van der Waals surface area contributed by atoms with Gasteiger partial charge in [-0.2, -0.15) is 0 Å². The molecular formula is C32H33Cl2FN5O+. The van der Waals surface area contributed by atoms with Gasteiger partial charge >= 0.3 is 0 Å². The van der Waals surface area contributed by atoms with Crippen molar-refractivity contribution in [2.45, 2.75) is 32.2 Å². The fourth-order valence-corrected chi connectivity index (χ4v) is 5.56. The van der Waals surface area contributed by atoms with Gasteiger partial charge in [-0.3, -0.25) is 4.79 Å². The molecule has 1 amide bonds. The van der Waals surface area contributed by atoms with Crippen LogP contribution < -0.4 is 15.6 Å². The van der Waals surface area contributed by atoms with E-state index in [0.717, 1.165) is 70.4 Å². The summed E-state index contributed by atoms with van der Waals surface area (Å²) in [5, 5.41) is 4.90. The van der Waals surface area contributed by atoms with Gasteiger partial charge in [-0.05, 0) is 61.2 Å². The number of unbranched alkanes of at least 4 members (excludes halogenated alkanes) is 2. The highest BCUT2D eigenvalue weighted by Crippen LogP contribution is 2.33. The van der Waals surface area contributed by atoms with Gasteiger partial charge < -0.3 is 16.0 Å². The molecule has 5 rings (SSSR count). The topological polar surface area (TPSA) is 79.7 Å². The van der Waals surface area contributed by atoms with Gasteiger partial charge in [0.15, 0.2) is 11.0 Å². The first-order valence-electron chi connectivity index (χ1n) is 13.8. The number of aromatic amines is 1. The van der Waals surface area contributed by atoms with E-state index in [-0.39, 0.29) is 11.7 Å². The van der Waals surface area contributed by atoms with E-state index < -0.39 is 0 Å². The summed E-state index contributed by atoms with van der Waals surface area (Å²) in [6, 6.07) is 18.4. The molecule has 0 aliphatic carbocycles. The third-order valence-corrected chi connectivity index (χ3v) is 8.04. The fraction of sp³-hybridized carbons (Fsp3) is 0.250. The maximum atomic E-state index is 13.7. The van der Waals surface area contributed by atoms with Crippen LogP contribution in [0.3, 0.4) is 0 Å². The van der Waals surface area contributed by atoms with Crippen LogP contribution in [-0.4, -0.2) is 28.5 Å². The number of hydrogen-bond acceptors (Lipinski definition) is 2. The third kappa shape index (κ3) is 6.32. The number of carbonyl (C=O) groups excluding carboxylic acids is 1. The van der Waals surface area contributed by atoms with Crippen molar-refractivity contribution in [3.05, 3.63) is 87.9 Å². The molecule has 41 heavy (non-hydrogen) atoms. The van der Waals surface area contributed by atoms with Gasteiger partial charge in [0.05, 0.1) is 29.3 Å². The number of H-pyrrole nitrogens is 1. The number of aryl methyl sites for hydroxylation is 2. The van der Waals surface area contributed by atoms with Crippen molar-refractivity contribution in [2.24, 2.45) is 12.8 Å². The Morgan fingerprint density at radius 2 is 1.80 bits per heavy atom. The van der Waals surface area contributed by atoms with E-state index in [9.17, 15) is 9.18 Å². The minimum atomic E-state index is -0.271. The molecule has 0 aliphatic heterocycles. The minimum Gasteiger partial charge on any atom is -0.355 e. The second-order valence-corrected chi connectivity index (χ2v) is 10.9. The Kier molecular flexibility index (Phi) is 9.08. The predicted octanol–water partition coefficient (Wildman–Crippen LogP) is 6.87. The number of para-hydroxylation sites is 1. The number of hydrogen-bond donors (Lipinski definition) is 3. The van der Waals surface area contributed by atoms with Gasteiger partial charge in [0.25, 0.3) is 5.82 Å². The lowest BCUT2D eigenvalue weighted by molar-refractivity contribution is -0.647. The van der Waals surface area contributed by atoms with Crippen molar-refractivity contribution in [1.82, 2.24) is 14.9 Å². The highest BCUT2D eigenvalue weighted by molar-refractivity contribution is 6.42. The fourth-order valence-electron chi connectivity index (χ4n) is 5.25. The van der Waals surface area contributed by atoms with E-state index in [1.807, 2.05) is 37.4 Å². The number of fused-ring (bicyclic) bond motifs is 2. The number of amides is 1. The summed E-state index contributed by atoms with van der Waals surface area (Å²) < 4.78 is 18.0. The Hall–Kier alpha value is -3.65. The molecule has 0 aliphatic rings. The molecule has 0 unspecified atom stereocenters. The number of nitrogens with two attached hydrogens (primary N) is 1. The van der Waals surface area contributed by atoms with Crippen molar-refractivity contribution in [3.8, 4) is 11.3 Å². The van der Waals surface area contributed by atoms with Crippen LogP contribution in [0.2, 0.25) is 10.0 Å². The lowest BCUT2D eigenvalue weighted by atomic mass is 10.0. The molecule has 0 fully saturated rings. The average Bonchev–Trinajstić information content (AvgIpc) is 3.45. The lowest BCUT2D eigenvalue weighted by Crippen LogP contribution is -2.31. The predicted molar refractivity (Wildman–Crippen MR) is 166 cm³/mol. The van der Waals surface area contributed by atoms with E-state index in [4.69, 9.17) is 28.9 Å². The van der Waals surface area contributed by atoms with Crippen molar-refractivity contribution in [3.63, 3.8) is 0 Å². The number of imidazole rings is 1. The molecule has 0 saturated heterocycles. The normalized spacial score (nSPS) is 11.7. The van der Waals surface area contributed by atoms with Crippen LogP contribution in [0.25, 0.3) is 45.3 Å². The van der Waals surface area contributed by atoms with Crippen LogP contribution in [0, 0.1) is 5.82 Å². The molecule has 0 saturated carbocycles. The molecule has 0 spiro atoms. The van der Waals surface area contributed by atoms with Gasteiger partial charge in [-0.15, -0.1) is 0 Å². The van der Waals surface area contributed by atoms with Crippen LogP contribution >= 0.6 is 23.2 Å². The monoisotopic (exact) mass is 592 g/mol. The zero-order valence-electron chi connectivity index (χ0n) is 22.9. The summed E-state index contributed by atoms with van der Waals surface area (Å²) in [6.45, 7) is 1.69. The molecule has 9 heteroatoms. The maximum absolute atomic E-state index is 13.7. The van der Waals surface area contributed by atoms with Crippen molar-refractivity contribution < 1.29 is 13.8 Å². The number of rotatable bonds is 11. The lowest BCUT2D eigenvalue weighted by Gasteiger charge is -2.04. The second kappa shape index (κ2) is 12.9. The first-order valence-corrected chi connectivity index (χ1v) is 14.5. The number of aromatic nitrogens is 3. The van der Waals surface area contributed by atoms with Crippen LogP contribution in [-0.2, 0) is 18.4 Å². The Labute approximate surface area is 248 Å². The summed E-state index contributed by atoms with van der Waals surface area (Å²) >= 11 is 12.9. The second-order valence-electron chi connectivity index (χ2n) is 10.1. The SMILES string of the molecule is C[n+]1c(/C=C/c2c(-c3ccc(F)cc3)[nH]c3ccccc23)n(CCCCCC(=O)NCCN)c2cc(Cl)c(Cl)cc21. The highest BCUT2D eigenvalue weighted by Gasteiger charge is 2.23. The van der Waals surface area contributed by atoms with Crippen molar-refractivity contribution in [2.75, 3.05) is 13.1 Å². The maximum Gasteiger partial charge on any atom is 0.282 e. The van der Waals surface area contributed by atoms with Crippen molar-refractivity contribution >= 4 is 63.2 Å². The Balaban J connectivity index is 1.49. The number of benzene rings is 3. The summed E-state index contributed by atoms with van der Waals surface area (Å²) in [5.41, 5.74) is 11.3. The van der Waals surface area contributed by atoms with E-state index in [2.05, 4.69) is 37.7 Å². The van der Waals surface area contributed by atoms with Crippen LogP contribution in [0.5, 0.6) is 0 Å². The summed E-state index contributed by atoms with van der Waals surface area (Å²) in [5.74, 6) is 0.746. The Morgan fingerprint density at radius 3 is 2.59 bits per heavy atom. The van der Waals surface area contributed by atoms with Gasteiger partial charge in [-0.25, -0.2) is 13.5 Å². The van der Waals surface area contributed by atoms with E-state index >= 15 is 0 Å². The molecule has 0 bridgehead atoms. The molecule has 5 aromatic rings. The van der Waals surface area contributed by atoms with E-state index in [1.165, 1.54) is 12.1 Å². The minimum absolute atomic E-state index is 0.0361. The van der Waals surface area contributed by atoms with Gasteiger partial charge in [0.1, 0.15) is 5.82 Å². The average molecular weight is 594 g/mol. The molecule has 0 radical (unpaired) electrons.